The first-order chi connectivity index (χ1) is 23.5. The van der Waals surface area contributed by atoms with Crippen LogP contribution in [-0.4, -0.2) is 105 Å². The van der Waals surface area contributed by atoms with Gasteiger partial charge in [0.05, 0.1) is 23.3 Å². The number of fused-ring (bicyclic) bond motifs is 1. The molecule has 3 aliphatic rings. The summed E-state index contributed by atoms with van der Waals surface area (Å²) in [6.45, 7) is 8.82. The van der Waals surface area contributed by atoms with Crippen LogP contribution in [0.5, 0.6) is 0 Å². The van der Waals surface area contributed by atoms with E-state index in [4.69, 9.17) is 15.2 Å². The molecule has 11 nitrogen and oxygen atoms in total. The molecule has 0 radical (unpaired) electrons. The average Bonchev–Trinajstić information content (AvgIpc) is 3.56. The molecule has 250 valence electrons. The Labute approximate surface area is 281 Å². The summed E-state index contributed by atoms with van der Waals surface area (Å²) in [6, 6.07) is 18.2. The molecule has 4 aromatic rings. The lowest BCUT2D eigenvalue weighted by Crippen LogP contribution is -2.48. The van der Waals surface area contributed by atoms with Crippen LogP contribution in [0.4, 0.5) is 16.0 Å². The highest BCUT2D eigenvalue weighted by Gasteiger charge is 2.30. The van der Waals surface area contributed by atoms with Gasteiger partial charge in [-0.2, -0.15) is 14.8 Å². The maximum Gasteiger partial charge on any atom is 0.236 e. The van der Waals surface area contributed by atoms with Gasteiger partial charge < -0.3 is 20.0 Å². The van der Waals surface area contributed by atoms with E-state index in [0.29, 0.717) is 30.6 Å². The summed E-state index contributed by atoms with van der Waals surface area (Å²) >= 11 is 0. The number of anilines is 2. The molecule has 0 aliphatic carbocycles. The first kappa shape index (κ1) is 32.0. The van der Waals surface area contributed by atoms with Gasteiger partial charge in [0.15, 0.2) is 17.5 Å². The van der Waals surface area contributed by atoms with Crippen LogP contribution >= 0.6 is 0 Å². The molecule has 6 heterocycles. The molecule has 1 aromatic carbocycles. The summed E-state index contributed by atoms with van der Waals surface area (Å²) in [7, 11) is 0. The Morgan fingerprint density at radius 2 is 1.71 bits per heavy atom. The fourth-order valence-corrected chi connectivity index (χ4v) is 7.33. The second-order valence-corrected chi connectivity index (χ2v) is 13.3. The van der Waals surface area contributed by atoms with Gasteiger partial charge in [-0.25, -0.2) is 14.5 Å². The van der Waals surface area contributed by atoms with Gasteiger partial charge in [-0.15, -0.1) is 0 Å². The van der Waals surface area contributed by atoms with E-state index in [1.54, 1.807) is 15.6 Å². The number of amides is 1. The molecule has 3 aliphatic heterocycles. The molecule has 1 amide bonds. The van der Waals surface area contributed by atoms with Crippen molar-refractivity contribution in [2.24, 2.45) is 5.92 Å². The lowest BCUT2D eigenvalue weighted by Gasteiger charge is -2.39. The van der Waals surface area contributed by atoms with Crippen LogP contribution in [0.1, 0.15) is 37.7 Å². The molecule has 3 fully saturated rings. The van der Waals surface area contributed by atoms with E-state index in [1.807, 2.05) is 30.5 Å². The number of benzene rings is 1. The van der Waals surface area contributed by atoms with E-state index in [1.165, 1.54) is 5.56 Å². The van der Waals surface area contributed by atoms with E-state index in [0.717, 1.165) is 89.1 Å². The van der Waals surface area contributed by atoms with E-state index in [2.05, 4.69) is 55.4 Å². The van der Waals surface area contributed by atoms with Crippen molar-refractivity contribution in [2.45, 2.75) is 44.7 Å². The summed E-state index contributed by atoms with van der Waals surface area (Å²) in [5, 5.41) is 16.8. The molecule has 1 atom stereocenters. The molecule has 0 bridgehead atoms. The van der Waals surface area contributed by atoms with E-state index < -0.39 is 5.82 Å². The Morgan fingerprint density at radius 3 is 2.50 bits per heavy atom. The SMILES string of the molecule is N#CCC(=O)N1CCCC(Nc2nc(-c3cnn4ccccc34)nc(N3CCC(CN4CCN(Cc5ccccc5)CC4)CC3)c2F)C1. The van der Waals surface area contributed by atoms with Gasteiger partial charge in [0.1, 0.15) is 6.42 Å². The van der Waals surface area contributed by atoms with Crippen molar-refractivity contribution in [3.05, 3.63) is 72.3 Å². The van der Waals surface area contributed by atoms with E-state index in [-0.39, 0.29) is 24.2 Å². The molecule has 3 aromatic heterocycles. The average molecular weight is 651 g/mol. The highest BCUT2D eigenvalue weighted by atomic mass is 19.1. The second kappa shape index (κ2) is 14.7. The number of carbonyl (C=O) groups excluding carboxylic acids is 1. The van der Waals surface area contributed by atoms with Crippen molar-refractivity contribution in [1.29, 1.82) is 5.26 Å². The Morgan fingerprint density at radius 1 is 0.938 bits per heavy atom. The number of hydrogen-bond acceptors (Lipinski definition) is 9. The minimum Gasteiger partial charge on any atom is -0.363 e. The van der Waals surface area contributed by atoms with Crippen LogP contribution in [0, 0.1) is 23.1 Å². The number of carbonyl (C=O) groups is 1. The van der Waals surface area contributed by atoms with Crippen molar-refractivity contribution in [3.8, 4) is 17.5 Å². The summed E-state index contributed by atoms with van der Waals surface area (Å²) in [4.78, 5) is 30.8. The van der Waals surface area contributed by atoms with Crippen molar-refractivity contribution in [2.75, 3.05) is 69.1 Å². The second-order valence-electron chi connectivity index (χ2n) is 13.3. The number of hydrogen-bond donors (Lipinski definition) is 1. The number of aromatic nitrogens is 4. The van der Waals surface area contributed by atoms with Gasteiger partial charge in [0, 0.05) is 77.7 Å². The molecule has 1 unspecified atom stereocenters. The first-order valence-electron chi connectivity index (χ1n) is 17.2. The van der Waals surface area contributed by atoms with Gasteiger partial charge in [-0.3, -0.25) is 9.69 Å². The van der Waals surface area contributed by atoms with Crippen molar-refractivity contribution < 1.29 is 9.18 Å². The molecular formula is C36H43FN10O. The van der Waals surface area contributed by atoms with E-state index >= 15 is 4.39 Å². The van der Waals surface area contributed by atoms with Gasteiger partial charge in [-0.05, 0) is 49.3 Å². The standard InChI is InChI=1S/C36H43FN10O/c37-33-35(40-29-9-6-15-46(26-29)32(48)11-14-38)41-34(30-23-39-47-16-5-4-10-31(30)47)42-36(33)45-17-12-28(13-18-45)25-44-21-19-43(20-22-44)24-27-7-2-1-3-8-27/h1-5,7-8,10,16,23,28-29H,6,9,11-13,15,17-22,24-26H2,(H,40,41,42). The number of likely N-dealkylation sites (tertiary alicyclic amines) is 1. The summed E-state index contributed by atoms with van der Waals surface area (Å²) in [5.41, 5.74) is 2.94. The zero-order valence-corrected chi connectivity index (χ0v) is 27.3. The van der Waals surface area contributed by atoms with Gasteiger partial charge in [-0.1, -0.05) is 36.4 Å². The number of pyridine rings is 1. The van der Waals surface area contributed by atoms with Crippen LogP contribution < -0.4 is 10.2 Å². The molecule has 48 heavy (non-hydrogen) atoms. The van der Waals surface area contributed by atoms with Crippen molar-refractivity contribution in [1.82, 2.24) is 34.3 Å². The van der Waals surface area contributed by atoms with Gasteiger partial charge >= 0.3 is 0 Å². The summed E-state index contributed by atoms with van der Waals surface area (Å²) in [6.07, 6.45) is 6.92. The van der Waals surface area contributed by atoms with Crippen molar-refractivity contribution >= 4 is 23.1 Å². The quantitative estimate of drug-likeness (QED) is 0.284. The third-order valence-corrected chi connectivity index (χ3v) is 9.99. The Balaban J connectivity index is 1.04. The zero-order chi connectivity index (χ0) is 32.9. The lowest BCUT2D eigenvalue weighted by molar-refractivity contribution is -0.131. The fraction of sp³-hybridized carbons (Fsp3) is 0.472. The normalized spacial score (nSPS) is 19.8. The highest BCUT2D eigenvalue weighted by Crippen LogP contribution is 2.32. The molecule has 3 saturated heterocycles. The molecule has 0 saturated carbocycles. The summed E-state index contributed by atoms with van der Waals surface area (Å²) in [5.74, 6) is 0.751. The minimum absolute atomic E-state index is 0.139. The fourth-order valence-electron chi connectivity index (χ4n) is 7.33. The molecule has 1 N–H and O–H groups in total. The number of piperidine rings is 2. The molecule has 7 rings (SSSR count). The lowest BCUT2D eigenvalue weighted by atomic mass is 9.96. The van der Waals surface area contributed by atoms with Crippen LogP contribution in [0.25, 0.3) is 16.9 Å². The van der Waals surface area contributed by atoms with Crippen LogP contribution in [0.3, 0.4) is 0 Å². The third-order valence-electron chi connectivity index (χ3n) is 9.99. The van der Waals surface area contributed by atoms with Gasteiger partial charge in [0.25, 0.3) is 0 Å². The highest BCUT2D eigenvalue weighted by molar-refractivity contribution is 5.79. The van der Waals surface area contributed by atoms with Crippen molar-refractivity contribution in [3.63, 3.8) is 0 Å². The monoisotopic (exact) mass is 650 g/mol. The predicted molar refractivity (Wildman–Crippen MR) is 183 cm³/mol. The van der Waals surface area contributed by atoms with Gasteiger partial charge in [0.2, 0.25) is 11.7 Å². The zero-order valence-electron chi connectivity index (χ0n) is 27.3. The number of nitrogens with one attached hydrogen (secondary N) is 1. The Hall–Kier alpha value is -4.60. The predicted octanol–water partition coefficient (Wildman–Crippen LogP) is 4.28. The minimum atomic E-state index is -0.469. The first-order valence-corrected chi connectivity index (χ1v) is 17.2. The number of piperazine rings is 1. The molecule has 0 spiro atoms. The number of nitriles is 1. The number of rotatable bonds is 9. The van der Waals surface area contributed by atoms with Crippen LogP contribution in [0.15, 0.2) is 60.9 Å². The maximum atomic E-state index is 16.4. The Kier molecular flexibility index (Phi) is 9.77. The summed E-state index contributed by atoms with van der Waals surface area (Å²) < 4.78 is 18.2. The molecule has 12 heteroatoms. The largest absolute Gasteiger partial charge is 0.363 e. The van der Waals surface area contributed by atoms with Crippen LogP contribution in [0.2, 0.25) is 0 Å². The number of nitrogens with zero attached hydrogens (tertiary/aromatic N) is 9. The smallest absolute Gasteiger partial charge is 0.236 e. The topological polar surface area (TPSA) is 109 Å². The Bertz CT molecular complexity index is 1740. The number of halogens is 1. The molecular weight excluding hydrogens is 607 g/mol. The van der Waals surface area contributed by atoms with Crippen LogP contribution in [-0.2, 0) is 11.3 Å². The van der Waals surface area contributed by atoms with E-state index in [9.17, 15) is 4.79 Å². The maximum absolute atomic E-state index is 16.4. The third kappa shape index (κ3) is 7.27.